The second kappa shape index (κ2) is 5.91. The molecule has 0 aliphatic heterocycles. The Morgan fingerprint density at radius 3 is 3.05 bits per heavy atom. The van der Waals surface area contributed by atoms with Gasteiger partial charge >= 0.3 is 0 Å². The molecule has 1 atom stereocenters. The molecule has 2 heterocycles. The molecule has 1 N–H and O–H groups in total. The van der Waals surface area contributed by atoms with E-state index in [1.54, 1.807) is 7.11 Å². The molecule has 1 saturated carbocycles. The Bertz CT molecular complexity index is 768. The number of aromatic amines is 1. The molecule has 1 aliphatic rings. The Kier molecular flexibility index (Phi) is 3.96. The Morgan fingerprint density at radius 2 is 2.41 bits per heavy atom. The first-order chi connectivity index (χ1) is 10.6. The number of likely N-dealkylation sites (N-methyl/N-ethyl adjacent to an activating group) is 1. The van der Waals surface area contributed by atoms with Crippen molar-refractivity contribution in [2.45, 2.75) is 25.5 Å². The van der Waals surface area contributed by atoms with Crippen LogP contribution < -0.4 is 5.56 Å². The Labute approximate surface area is 128 Å². The first-order valence-electron chi connectivity index (χ1n) is 7.34. The summed E-state index contributed by atoms with van der Waals surface area (Å²) >= 11 is 0. The van der Waals surface area contributed by atoms with Gasteiger partial charge in [0.2, 0.25) is 0 Å². The summed E-state index contributed by atoms with van der Waals surface area (Å²) in [7, 11) is 3.73. The van der Waals surface area contributed by atoms with Crippen LogP contribution in [-0.4, -0.2) is 46.3 Å². The van der Waals surface area contributed by atoms with E-state index < -0.39 is 0 Å². The van der Waals surface area contributed by atoms with Crippen LogP contribution in [0, 0.1) is 17.2 Å². The average molecular weight is 301 g/mol. The van der Waals surface area contributed by atoms with Crippen molar-refractivity contribution < 1.29 is 4.74 Å². The van der Waals surface area contributed by atoms with Crippen LogP contribution in [-0.2, 0) is 11.3 Å². The third-order valence-electron chi connectivity index (χ3n) is 4.05. The van der Waals surface area contributed by atoms with Crippen molar-refractivity contribution in [3.63, 3.8) is 0 Å². The van der Waals surface area contributed by atoms with Gasteiger partial charge in [0, 0.05) is 32.5 Å². The fourth-order valence-corrected chi connectivity index (χ4v) is 2.72. The van der Waals surface area contributed by atoms with Crippen LogP contribution in [0.3, 0.4) is 0 Å². The zero-order valence-corrected chi connectivity index (χ0v) is 12.7. The standard InChI is InChI=1S/C15H19N5O2/c1-19(9-13(22-2)10-3-4-10)8-12-5-14(21)20-15(18-12)11(6-16)7-17-20/h5,7,10,13,17H,3-4,8-9H2,1-2H3. The van der Waals surface area contributed by atoms with Crippen molar-refractivity contribution in [3.05, 3.63) is 33.9 Å². The van der Waals surface area contributed by atoms with Gasteiger partial charge in [-0.25, -0.2) is 9.50 Å². The van der Waals surface area contributed by atoms with E-state index in [-0.39, 0.29) is 11.7 Å². The number of ether oxygens (including phenoxy) is 1. The number of rotatable bonds is 6. The molecule has 0 amide bonds. The number of nitrogens with zero attached hydrogens (tertiary/aromatic N) is 4. The highest BCUT2D eigenvalue weighted by molar-refractivity contribution is 5.53. The molecule has 3 rings (SSSR count). The van der Waals surface area contributed by atoms with Gasteiger partial charge in [0.1, 0.15) is 11.6 Å². The average Bonchev–Trinajstić information content (AvgIpc) is 3.24. The number of hydrogen-bond donors (Lipinski definition) is 1. The lowest BCUT2D eigenvalue weighted by Crippen LogP contribution is -2.32. The van der Waals surface area contributed by atoms with Gasteiger partial charge in [-0.05, 0) is 25.8 Å². The lowest BCUT2D eigenvalue weighted by atomic mass is 10.2. The van der Waals surface area contributed by atoms with Gasteiger partial charge in [0.15, 0.2) is 5.65 Å². The molecule has 0 saturated heterocycles. The minimum Gasteiger partial charge on any atom is -0.380 e. The van der Waals surface area contributed by atoms with Crippen molar-refractivity contribution in [3.8, 4) is 6.07 Å². The minimum atomic E-state index is -0.208. The highest BCUT2D eigenvalue weighted by Crippen LogP contribution is 2.34. The summed E-state index contributed by atoms with van der Waals surface area (Å²) < 4.78 is 6.81. The monoisotopic (exact) mass is 301 g/mol. The summed E-state index contributed by atoms with van der Waals surface area (Å²) in [5.74, 6) is 0.656. The molecular weight excluding hydrogens is 282 g/mol. The molecule has 22 heavy (non-hydrogen) atoms. The van der Waals surface area contributed by atoms with Crippen molar-refractivity contribution in [2.24, 2.45) is 5.92 Å². The van der Waals surface area contributed by atoms with Crippen LogP contribution >= 0.6 is 0 Å². The second-order valence-corrected chi connectivity index (χ2v) is 5.85. The number of H-pyrrole nitrogens is 1. The van der Waals surface area contributed by atoms with Crippen molar-refractivity contribution in [2.75, 3.05) is 20.7 Å². The van der Waals surface area contributed by atoms with E-state index in [0.29, 0.717) is 29.4 Å². The highest BCUT2D eigenvalue weighted by Gasteiger charge is 2.31. The number of hydrogen-bond acceptors (Lipinski definition) is 5. The fourth-order valence-electron chi connectivity index (χ4n) is 2.72. The molecule has 1 unspecified atom stereocenters. The minimum absolute atomic E-state index is 0.208. The first-order valence-corrected chi connectivity index (χ1v) is 7.34. The maximum atomic E-state index is 12.0. The molecular formula is C15H19N5O2. The second-order valence-electron chi connectivity index (χ2n) is 5.85. The smallest absolute Gasteiger partial charge is 0.272 e. The molecule has 2 aromatic heterocycles. The van der Waals surface area contributed by atoms with Gasteiger partial charge in [0.25, 0.3) is 5.56 Å². The lowest BCUT2D eigenvalue weighted by Gasteiger charge is -2.22. The molecule has 116 valence electrons. The van der Waals surface area contributed by atoms with E-state index in [4.69, 9.17) is 10.00 Å². The Balaban J connectivity index is 1.78. The van der Waals surface area contributed by atoms with Gasteiger partial charge in [-0.1, -0.05) is 0 Å². The first kappa shape index (κ1) is 14.8. The molecule has 1 fully saturated rings. The van der Waals surface area contributed by atoms with Crippen molar-refractivity contribution >= 4 is 5.65 Å². The number of methoxy groups -OCH3 is 1. The molecule has 1 aliphatic carbocycles. The van der Waals surface area contributed by atoms with Crippen LogP contribution in [0.15, 0.2) is 17.1 Å². The van der Waals surface area contributed by atoms with Crippen LogP contribution in [0.2, 0.25) is 0 Å². The Hall–Kier alpha value is -2.17. The molecule has 0 spiro atoms. The summed E-state index contributed by atoms with van der Waals surface area (Å²) in [6, 6.07) is 3.54. The zero-order valence-electron chi connectivity index (χ0n) is 12.7. The van der Waals surface area contributed by atoms with Crippen molar-refractivity contribution in [1.82, 2.24) is 19.5 Å². The van der Waals surface area contributed by atoms with E-state index in [1.807, 2.05) is 13.1 Å². The molecule has 0 bridgehead atoms. The summed E-state index contributed by atoms with van der Waals surface area (Å²) in [6.07, 6.45) is 4.18. The van der Waals surface area contributed by atoms with Gasteiger partial charge < -0.3 is 4.74 Å². The summed E-state index contributed by atoms with van der Waals surface area (Å²) in [6.45, 7) is 1.36. The summed E-state index contributed by atoms with van der Waals surface area (Å²) in [4.78, 5) is 18.6. The van der Waals surface area contributed by atoms with Crippen LogP contribution in [0.5, 0.6) is 0 Å². The molecule has 0 radical (unpaired) electrons. The summed E-state index contributed by atoms with van der Waals surface area (Å²) in [5.41, 5.74) is 1.20. The third kappa shape index (κ3) is 2.89. The fraction of sp³-hybridized carbons (Fsp3) is 0.533. The summed E-state index contributed by atoms with van der Waals surface area (Å²) in [5, 5.41) is 11.8. The largest absolute Gasteiger partial charge is 0.380 e. The number of fused-ring (bicyclic) bond motifs is 1. The highest BCUT2D eigenvalue weighted by atomic mass is 16.5. The molecule has 0 aromatic carbocycles. The quantitative estimate of drug-likeness (QED) is 0.851. The van der Waals surface area contributed by atoms with Gasteiger partial charge in [-0.2, -0.15) is 5.26 Å². The van der Waals surface area contributed by atoms with Gasteiger partial charge in [-0.3, -0.25) is 14.8 Å². The molecule has 7 nitrogen and oxygen atoms in total. The maximum Gasteiger partial charge on any atom is 0.272 e. The van der Waals surface area contributed by atoms with E-state index in [0.717, 1.165) is 6.54 Å². The topological polar surface area (TPSA) is 86.4 Å². The number of nitrogens with one attached hydrogen (secondary N) is 1. The van der Waals surface area contributed by atoms with E-state index in [1.165, 1.54) is 29.6 Å². The van der Waals surface area contributed by atoms with Crippen LogP contribution in [0.25, 0.3) is 5.65 Å². The van der Waals surface area contributed by atoms with Crippen LogP contribution in [0.4, 0.5) is 0 Å². The lowest BCUT2D eigenvalue weighted by molar-refractivity contribution is 0.0536. The third-order valence-corrected chi connectivity index (χ3v) is 4.05. The molecule has 7 heteroatoms. The zero-order chi connectivity index (χ0) is 15.7. The predicted octanol–water partition coefficient (Wildman–Crippen LogP) is 0.751. The maximum absolute atomic E-state index is 12.0. The van der Waals surface area contributed by atoms with E-state index >= 15 is 0 Å². The normalized spacial score (nSPS) is 16.1. The van der Waals surface area contributed by atoms with Gasteiger partial charge in [0.05, 0.1) is 11.8 Å². The number of aromatic nitrogens is 3. The van der Waals surface area contributed by atoms with Crippen LogP contribution in [0.1, 0.15) is 24.1 Å². The number of nitriles is 1. The van der Waals surface area contributed by atoms with Gasteiger partial charge in [-0.15, -0.1) is 0 Å². The predicted molar refractivity (Wildman–Crippen MR) is 80.4 cm³/mol. The molecule has 2 aromatic rings. The SMILES string of the molecule is COC(CN(C)Cc1cc(=O)n2[nH]cc(C#N)c2n1)C1CC1. The van der Waals surface area contributed by atoms with E-state index in [9.17, 15) is 4.79 Å². The Morgan fingerprint density at radius 1 is 1.64 bits per heavy atom. The van der Waals surface area contributed by atoms with E-state index in [2.05, 4.69) is 15.0 Å². The van der Waals surface area contributed by atoms with Crippen molar-refractivity contribution in [1.29, 1.82) is 5.26 Å².